The minimum Gasteiger partial charge on any atom is -0.508 e. The summed E-state index contributed by atoms with van der Waals surface area (Å²) in [6.07, 6.45) is -1.31. The number of anilines is 2. The minimum atomic E-state index is -0.658. The predicted octanol–water partition coefficient (Wildman–Crippen LogP) is 4.39. The number of benzene rings is 1. The first-order valence-corrected chi connectivity index (χ1v) is 7.60. The van der Waals surface area contributed by atoms with Gasteiger partial charge in [-0.2, -0.15) is 0 Å². The first-order valence-electron chi connectivity index (χ1n) is 7.60. The molecule has 0 spiro atoms. The van der Waals surface area contributed by atoms with Gasteiger partial charge < -0.3 is 14.6 Å². The smallest absolute Gasteiger partial charge is 0.412 e. The van der Waals surface area contributed by atoms with Gasteiger partial charge in [0.25, 0.3) is 0 Å². The standard InChI is InChI=1S/C17H26N2O5/c1-10-12(19-15(22)24-17(5,6)7)8-11(9-13(10)20)18-14(21)23-16(2,3)4/h8-9,20H,1-7H3,(H,18,21)(H,19,22). The van der Waals surface area contributed by atoms with E-state index in [9.17, 15) is 14.7 Å². The summed E-state index contributed by atoms with van der Waals surface area (Å²) < 4.78 is 10.3. The lowest BCUT2D eigenvalue weighted by Crippen LogP contribution is -2.28. The molecule has 0 aliphatic rings. The zero-order chi connectivity index (χ0) is 18.7. The van der Waals surface area contributed by atoms with Crippen LogP contribution in [0.25, 0.3) is 0 Å². The second kappa shape index (κ2) is 6.98. The van der Waals surface area contributed by atoms with Crippen LogP contribution in [0.15, 0.2) is 12.1 Å². The minimum absolute atomic E-state index is 0.0744. The molecule has 0 heterocycles. The van der Waals surface area contributed by atoms with Crippen molar-refractivity contribution in [3.8, 4) is 5.75 Å². The van der Waals surface area contributed by atoms with E-state index in [1.54, 1.807) is 48.5 Å². The van der Waals surface area contributed by atoms with Crippen molar-refractivity contribution >= 4 is 23.6 Å². The molecule has 1 rings (SSSR count). The van der Waals surface area contributed by atoms with E-state index in [-0.39, 0.29) is 5.75 Å². The second-order valence-corrected chi connectivity index (χ2v) is 7.42. The molecule has 2 amide bonds. The van der Waals surface area contributed by atoms with Crippen LogP contribution in [0.1, 0.15) is 47.1 Å². The fourth-order valence-electron chi connectivity index (χ4n) is 1.74. The fraction of sp³-hybridized carbons (Fsp3) is 0.529. The van der Waals surface area contributed by atoms with Crippen molar-refractivity contribution in [2.24, 2.45) is 0 Å². The van der Waals surface area contributed by atoms with Crippen LogP contribution in [0.3, 0.4) is 0 Å². The first-order chi connectivity index (χ1) is 10.8. The van der Waals surface area contributed by atoms with Gasteiger partial charge >= 0.3 is 12.2 Å². The summed E-state index contributed by atoms with van der Waals surface area (Å²) in [5.41, 5.74) is -0.217. The van der Waals surface area contributed by atoms with Crippen molar-refractivity contribution in [3.63, 3.8) is 0 Å². The molecular formula is C17H26N2O5. The number of hydrogen-bond donors (Lipinski definition) is 3. The maximum atomic E-state index is 11.9. The number of carbonyl (C=O) groups is 2. The summed E-state index contributed by atoms with van der Waals surface area (Å²) in [5.74, 6) is -0.0744. The summed E-state index contributed by atoms with van der Waals surface area (Å²) in [5, 5.41) is 15.1. The number of nitrogens with one attached hydrogen (secondary N) is 2. The average molecular weight is 338 g/mol. The van der Waals surface area contributed by atoms with E-state index in [2.05, 4.69) is 10.6 Å². The van der Waals surface area contributed by atoms with Crippen molar-refractivity contribution < 1.29 is 24.2 Å². The van der Waals surface area contributed by atoms with E-state index in [1.807, 2.05) is 0 Å². The molecule has 0 saturated heterocycles. The number of ether oxygens (including phenoxy) is 2. The van der Waals surface area contributed by atoms with Crippen LogP contribution >= 0.6 is 0 Å². The number of carbonyl (C=O) groups excluding carboxylic acids is 2. The molecule has 0 fully saturated rings. The van der Waals surface area contributed by atoms with Crippen LogP contribution in [0, 0.1) is 6.92 Å². The molecule has 0 unspecified atom stereocenters. The molecule has 1 aromatic carbocycles. The number of phenolic OH excluding ortho intramolecular Hbond substituents is 1. The molecule has 0 aromatic heterocycles. The van der Waals surface area contributed by atoms with Crippen molar-refractivity contribution in [3.05, 3.63) is 17.7 Å². The Hall–Kier alpha value is -2.44. The third-order valence-corrected chi connectivity index (χ3v) is 2.66. The molecule has 0 radical (unpaired) electrons. The van der Waals surface area contributed by atoms with Gasteiger partial charge in [-0.1, -0.05) is 0 Å². The molecule has 0 atom stereocenters. The first kappa shape index (κ1) is 19.6. The quantitative estimate of drug-likeness (QED) is 0.743. The second-order valence-electron chi connectivity index (χ2n) is 7.42. The van der Waals surface area contributed by atoms with Gasteiger partial charge in [0.2, 0.25) is 0 Å². The summed E-state index contributed by atoms with van der Waals surface area (Å²) in [6, 6.07) is 2.89. The van der Waals surface area contributed by atoms with Crippen molar-refractivity contribution in [1.82, 2.24) is 0 Å². The van der Waals surface area contributed by atoms with Gasteiger partial charge in [-0.15, -0.1) is 0 Å². The van der Waals surface area contributed by atoms with Crippen molar-refractivity contribution in [2.45, 2.75) is 59.7 Å². The number of phenols is 1. The molecule has 3 N–H and O–H groups in total. The Kier molecular flexibility index (Phi) is 5.71. The predicted molar refractivity (Wildman–Crippen MR) is 92.6 cm³/mol. The maximum Gasteiger partial charge on any atom is 0.412 e. The van der Waals surface area contributed by atoms with Crippen LogP contribution < -0.4 is 10.6 Å². The highest BCUT2D eigenvalue weighted by atomic mass is 16.6. The summed E-state index contributed by atoms with van der Waals surface area (Å²) in [6.45, 7) is 12.1. The van der Waals surface area contributed by atoms with E-state index < -0.39 is 23.4 Å². The van der Waals surface area contributed by atoms with E-state index in [0.29, 0.717) is 16.9 Å². The van der Waals surface area contributed by atoms with Crippen LogP contribution in [0.2, 0.25) is 0 Å². The molecule has 0 aliphatic carbocycles. The van der Waals surface area contributed by atoms with Gasteiger partial charge in [-0.3, -0.25) is 10.6 Å². The SMILES string of the molecule is Cc1c(O)cc(NC(=O)OC(C)(C)C)cc1NC(=O)OC(C)(C)C. The van der Waals surface area contributed by atoms with E-state index in [0.717, 1.165) is 0 Å². The third-order valence-electron chi connectivity index (χ3n) is 2.66. The Balaban J connectivity index is 2.93. The number of aromatic hydroxyl groups is 1. The fourth-order valence-corrected chi connectivity index (χ4v) is 1.74. The largest absolute Gasteiger partial charge is 0.508 e. The monoisotopic (exact) mass is 338 g/mol. The van der Waals surface area contributed by atoms with Gasteiger partial charge in [-0.25, -0.2) is 9.59 Å². The number of rotatable bonds is 2. The van der Waals surface area contributed by atoms with E-state index >= 15 is 0 Å². The van der Waals surface area contributed by atoms with Gasteiger partial charge in [0.15, 0.2) is 0 Å². The Morgan fingerprint density at radius 3 is 1.83 bits per heavy atom. The molecule has 0 saturated carbocycles. The van der Waals surface area contributed by atoms with E-state index in [4.69, 9.17) is 9.47 Å². The Labute approximate surface area is 142 Å². The zero-order valence-electron chi connectivity index (χ0n) is 15.2. The lowest BCUT2D eigenvalue weighted by Gasteiger charge is -2.21. The highest BCUT2D eigenvalue weighted by Crippen LogP contribution is 2.30. The zero-order valence-corrected chi connectivity index (χ0v) is 15.2. The van der Waals surface area contributed by atoms with Crippen LogP contribution in [0.4, 0.5) is 21.0 Å². The van der Waals surface area contributed by atoms with Crippen LogP contribution in [-0.4, -0.2) is 28.5 Å². The van der Waals surface area contributed by atoms with Crippen LogP contribution in [-0.2, 0) is 9.47 Å². The molecule has 0 bridgehead atoms. The molecule has 24 heavy (non-hydrogen) atoms. The average Bonchev–Trinajstić information content (AvgIpc) is 2.30. The molecule has 134 valence electrons. The Morgan fingerprint density at radius 2 is 1.38 bits per heavy atom. The normalized spacial score (nSPS) is 11.6. The number of amides is 2. The topological polar surface area (TPSA) is 96.9 Å². The summed E-state index contributed by atoms with van der Waals surface area (Å²) >= 11 is 0. The summed E-state index contributed by atoms with van der Waals surface area (Å²) in [4.78, 5) is 23.7. The number of hydrogen-bond acceptors (Lipinski definition) is 5. The molecular weight excluding hydrogens is 312 g/mol. The lowest BCUT2D eigenvalue weighted by molar-refractivity contribution is 0.0625. The lowest BCUT2D eigenvalue weighted by atomic mass is 10.1. The van der Waals surface area contributed by atoms with Crippen LogP contribution in [0.5, 0.6) is 5.75 Å². The highest BCUT2D eigenvalue weighted by molar-refractivity contribution is 5.90. The molecule has 0 aliphatic heterocycles. The van der Waals surface area contributed by atoms with Gasteiger partial charge in [0, 0.05) is 17.3 Å². The van der Waals surface area contributed by atoms with Gasteiger partial charge in [0.1, 0.15) is 17.0 Å². The highest BCUT2D eigenvalue weighted by Gasteiger charge is 2.19. The van der Waals surface area contributed by atoms with Crippen molar-refractivity contribution in [1.29, 1.82) is 0 Å². The molecule has 7 nitrogen and oxygen atoms in total. The third kappa shape index (κ3) is 6.76. The Morgan fingerprint density at radius 1 is 0.917 bits per heavy atom. The van der Waals surface area contributed by atoms with Crippen molar-refractivity contribution in [2.75, 3.05) is 10.6 Å². The maximum absolute atomic E-state index is 11.9. The summed E-state index contributed by atoms with van der Waals surface area (Å²) in [7, 11) is 0. The molecule has 1 aromatic rings. The van der Waals surface area contributed by atoms with Gasteiger partial charge in [0.05, 0.1) is 5.69 Å². The Bertz CT molecular complexity index is 627. The van der Waals surface area contributed by atoms with Gasteiger partial charge in [-0.05, 0) is 54.5 Å². The van der Waals surface area contributed by atoms with E-state index in [1.165, 1.54) is 12.1 Å². The molecule has 7 heteroatoms.